The van der Waals surface area contributed by atoms with Gasteiger partial charge in [-0.1, -0.05) is 52.0 Å². The number of carbonyl (C=O) groups is 1. The van der Waals surface area contributed by atoms with Crippen LogP contribution in [0.25, 0.3) is 5.57 Å². The van der Waals surface area contributed by atoms with Crippen molar-refractivity contribution >= 4 is 11.4 Å². The van der Waals surface area contributed by atoms with Crippen molar-refractivity contribution in [3.05, 3.63) is 58.7 Å². The zero-order valence-electron chi connectivity index (χ0n) is 20.0. The highest BCUT2D eigenvalue weighted by Gasteiger charge is 2.26. The minimum absolute atomic E-state index is 0.0209. The SMILES string of the molecule is COCCCC(C)(C)c1ccc(CC(=O)c2ncc(C#N)[nH]2)c(C2=CCC(C)(C)CC2)c1. The molecular formula is C27H35N3O2. The Morgan fingerprint density at radius 2 is 2.12 bits per heavy atom. The van der Waals surface area contributed by atoms with E-state index in [9.17, 15) is 4.79 Å². The molecule has 0 atom stereocenters. The predicted molar refractivity (Wildman–Crippen MR) is 128 cm³/mol. The zero-order chi connectivity index (χ0) is 23.4. The molecular weight excluding hydrogens is 398 g/mol. The summed E-state index contributed by atoms with van der Waals surface area (Å²) in [5.74, 6) is 0.145. The van der Waals surface area contributed by atoms with Gasteiger partial charge >= 0.3 is 0 Å². The molecule has 0 amide bonds. The lowest BCUT2D eigenvalue weighted by molar-refractivity contribution is 0.0984. The van der Waals surface area contributed by atoms with Crippen LogP contribution in [0, 0.1) is 16.7 Å². The number of aromatic amines is 1. The standard InChI is InChI=1S/C27H35N3O2/c1-26(2)12-9-19(10-13-26)23-16-21(27(3,4)11-6-14-32-5)8-7-20(23)15-24(31)25-29-18-22(17-28)30-25/h7-9,16,18H,6,10-15H2,1-5H3,(H,29,30). The van der Waals surface area contributed by atoms with Gasteiger partial charge in [0.05, 0.1) is 6.20 Å². The van der Waals surface area contributed by atoms with E-state index in [1.807, 2.05) is 6.07 Å². The maximum absolute atomic E-state index is 12.9. The number of rotatable bonds is 9. The minimum Gasteiger partial charge on any atom is -0.385 e. The van der Waals surface area contributed by atoms with Crippen LogP contribution in [-0.2, 0) is 16.6 Å². The van der Waals surface area contributed by atoms with Crippen LogP contribution >= 0.6 is 0 Å². The molecule has 1 N–H and O–H groups in total. The average molecular weight is 434 g/mol. The predicted octanol–water partition coefficient (Wildman–Crippen LogP) is 6.00. The third kappa shape index (κ3) is 5.75. The van der Waals surface area contributed by atoms with Crippen LogP contribution in [0.15, 0.2) is 30.5 Å². The van der Waals surface area contributed by atoms with E-state index in [4.69, 9.17) is 10.00 Å². The first-order chi connectivity index (χ1) is 15.1. The van der Waals surface area contributed by atoms with Gasteiger partial charge in [0.15, 0.2) is 5.82 Å². The van der Waals surface area contributed by atoms with E-state index < -0.39 is 0 Å². The summed E-state index contributed by atoms with van der Waals surface area (Å²) in [5, 5.41) is 9.02. The monoisotopic (exact) mass is 433 g/mol. The van der Waals surface area contributed by atoms with Crippen molar-refractivity contribution < 1.29 is 9.53 Å². The molecule has 170 valence electrons. The molecule has 5 heteroatoms. The van der Waals surface area contributed by atoms with Gasteiger partial charge in [-0.3, -0.25) is 4.79 Å². The first-order valence-corrected chi connectivity index (χ1v) is 11.5. The Balaban J connectivity index is 1.94. The summed E-state index contributed by atoms with van der Waals surface area (Å²) < 4.78 is 5.25. The molecule has 5 nitrogen and oxygen atoms in total. The number of ether oxygens (including phenoxy) is 1. The molecule has 32 heavy (non-hydrogen) atoms. The molecule has 0 saturated heterocycles. The van der Waals surface area contributed by atoms with Crippen LogP contribution in [-0.4, -0.2) is 29.5 Å². The van der Waals surface area contributed by atoms with E-state index in [2.05, 4.69) is 61.9 Å². The van der Waals surface area contributed by atoms with E-state index in [-0.39, 0.29) is 23.4 Å². The number of ketones is 1. The number of carbonyl (C=O) groups excluding carboxylic acids is 1. The second-order valence-electron chi connectivity index (χ2n) is 10.3. The number of hydrogen-bond acceptors (Lipinski definition) is 4. The number of methoxy groups -OCH3 is 1. The fourth-order valence-corrected chi connectivity index (χ4v) is 4.35. The molecule has 3 rings (SSSR count). The first kappa shape index (κ1) is 23.9. The number of nitrogens with one attached hydrogen (secondary N) is 1. The summed E-state index contributed by atoms with van der Waals surface area (Å²) in [6.07, 6.45) is 9.27. The molecule has 2 aromatic rings. The lowest BCUT2D eigenvalue weighted by atomic mass is 9.74. The quantitative estimate of drug-likeness (QED) is 0.388. The molecule has 0 bridgehead atoms. The Morgan fingerprint density at radius 3 is 2.75 bits per heavy atom. The molecule has 0 aliphatic heterocycles. The van der Waals surface area contributed by atoms with Crippen LogP contribution in [0.1, 0.15) is 92.8 Å². The Morgan fingerprint density at radius 1 is 1.34 bits per heavy atom. The van der Waals surface area contributed by atoms with Crippen molar-refractivity contribution in [2.45, 2.75) is 71.6 Å². The summed E-state index contributed by atoms with van der Waals surface area (Å²) >= 11 is 0. The maximum atomic E-state index is 12.9. The Kier molecular flexibility index (Phi) is 7.36. The fourth-order valence-electron chi connectivity index (χ4n) is 4.35. The molecule has 0 saturated carbocycles. The summed E-state index contributed by atoms with van der Waals surface area (Å²) in [6, 6.07) is 8.56. The van der Waals surface area contributed by atoms with Gasteiger partial charge in [-0.05, 0) is 65.2 Å². The van der Waals surface area contributed by atoms with Gasteiger partial charge in [-0.15, -0.1) is 0 Å². The van der Waals surface area contributed by atoms with Gasteiger partial charge < -0.3 is 9.72 Å². The Labute approximate surface area is 191 Å². The molecule has 1 aromatic carbocycles. The van der Waals surface area contributed by atoms with E-state index in [1.165, 1.54) is 22.9 Å². The zero-order valence-corrected chi connectivity index (χ0v) is 20.0. The second kappa shape index (κ2) is 9.83. The number of allylic oxidation sites excluding steroid dienone is 2. The van der Waals surface area contributed by atoms with Crippen LogP contribution < -0.4 is 0 Å². The molecule has 0 spiro atoms. The number of H-pyrrole nitrogens is 1. The van der Waals surface area contributed by atoms with E-state index in [0.29, 0.717) is 11.1 Å². The third-order valence-corrected chi connectivity index (χ3v) is 6.67. The van der Waals surface area contributed by atoms with Crippen molar-refractivity contribution in [3.63, 3.8) is 0 Å². The van der Waals surface area contributed by atoms with Crippen molar-refractivity contribution in [2.24, 2.45) is 5.41 Å². The topological polar surface area (TPSA) is 78.8 Å². The molecule has 1 aromatic heterocycles. The van der Waals surface area contributed by atoms with Crippen LogP contribution in [0.3, 0.4) is 0 Å². The van der Waals surface area contributed by atoms with Gasteiger partial charge in [-0.25, -0.2) is 4.98 Å². The number of nitrogens with zero attached hydrogens (tertiary/aromatic N) is 2. The maximum Gasteiger partial charge on any atom is 0.202 e. The summed E-state index contributed by atoms with van der Waals surface area (Å²) in [6.45, 7) is 9.93. The highest BCUT2D eigenvalue weighted by atomic mass is 16.5. The highest BCUT2D eigenvalue weighted by molar-refractivity contribution is 5.95. The normalized spacial score (nSPS) is 15.8. The smallest absolute Gasteiger partial charge is 0.202 e. The molecule has 1 heterocycles. The van der Waals surface area contributed by atoms with Crippen molar-refractivity contribution in [1.82, 2.24) is 9.97 Å². The van der Waals surface area contributed by atoms with Gasteiger partial charge in [0.25, 0.3) is 0 Å². The molecule has 1 aliphatic carbocycles. The molecule has 0 fully saturated rings. The van der Waals surface area contributed by atoms with Crippen molar-refractivity contribution in [3.8, 4) is 6.07 Å². The number of nitriles is 1. The molecule has 1 aliphatic rings. The first-order valence-electron chi connectivity index (χ1n) is 11.5. The fraction of sp³-hybridized carbons (Fsp3) is 0.519. The lowest BCUT2D eigenvalue weighted by Gasteiger charge is -2.31. The number of Topliss-reactive ketones (excluding diaryl/α,β-unsaturated/α-hetero) is 1. The minimum atomic E-state index is -0.100. The van der Waals surface area contributed by atoms with E-state index >= 15 is 0 Å². The lowest BCUT2D eigenvalue weighted by Crippen LogP contribution is -2.19. The molecule has 0 unspecified atom stereocenters. The van der Waals surface area contributed by atoms with Gasteiger partial charge in [0, 0.05) is 20.1 Å². The summed E-state index contributed by atoms with van der Waals surface area (Å²) in [4.78, 5) is 19.8. The Bertz CT molecular complexity index is 1040. The van der Waals surface area contributed by atoms with E-state index in [0.717, 1.165) is 44.3 Å². The third-order valence-electron chi connectivity index (χ3n) is 6.67. The van der Waals surface area contributed by atoms with Crippen LogP contribution in [0.2, 0.25) is 0 Å². The number of hydrogen-bond donors (Lipinski definition) is 1. The average Bonchev–Trinajstić information content (AvgIpc) is 3.24. The van der Waals surface area contributed by atoms with E-state index in [1.54, 1.807) is 7.11 Å². The van der Waals surface area contributed by atoms with Gasteiger partial charge in [-0.2, -0.15) is 5.26 Å². The Hall–Kier alpha value is -2.71. The second-order valence-corrected chi connectivity index (χ2v) is 10.3. The van der Waals surface area contributed by atoms with Crippen molar-refractivity contribution in [1.29, 1.82) is 5.26 Å². The van der Waals surface area contributed by atoms with Gasteiger partial charge in [0.1, 0.15) is 11.8 Å². The van der Waals surface area contributed by atoms with Gasteiger partial charge in [0.2, 0.25) is 5.78 Å². The summed E-state index contributed by atoms with van der Waals surface area (Å²) in [5.41, 5.74) is 5.46. The van der Waals surface area contributed by atoms with Crippen LogP contribution in [0.5, 0.6) is 0 Å². The van der Waals surface area contributed by atoms with Crippen LogP contribution in [0.4, 0.5) is 0 Å². The largest absolute Gasteiger partial charge is 0.385 e. The summed E-state index contributed by atoms with van der Waals surface area (Å²) in [7, 11) is 1.74. The number of benzene rings is 1. The number of aromatic nitrogens is 2. The highest BCUT2D eigenvalue weighted by Crippen LogP contribution is 2.40. The molecule has 0 radical (unpaired) electrons. The number of imidazole rings is 1. The van der Waals surface area contributed by atoms with Crippen molar-refractivity contribution in [2.75, 3.05) is 13.7 Å².